The van der Waals surface area contributed by atoms with E-state index in [1.54, 1.807) is 6.92 Å². The largest absolute Gasteiger partial charge is 0.334 e. The molecule has 100 valence electrons. The molecule has 7 heteroatoms. The summed E-state index contributed by atoms with van der Waals surface area (Å²) in [6.07, 6.45) is 0.369. The molecular formula is C12H12ClN3O3. The average molecular weight is 282 g/mol. The summed E-state index contributed by atoms with van der Waals surface area (Å²) in [5.74, 6) is -0.733. The van der Waals surface area contributed by atoms with Crippen molar-refractivity contribution in [2.75, 3.05) is 0 Å². The Kier molecular flexibility index (Phi) is 4.46. The van der Waals surface area contributed by atoms with E-state index < -0.39 is 16.4 Å². The lowest BCUT2D eigenvalue weighted by Gasteiger charge is -2.21. The number of hydrogen-bond donors (Lipinski definition) is 1. The molecule has 1 aromatic rings. The van der Waals surface area contributed by atoms with Crippen molar-refractivity contribution in [3.8, 4) is 6.07 Å². The van der Waals surface area contributed by atoms with Crippen LogP contribution >= 0.6 is 11.6 Å². The Bertz CT molecular complexity index is 568. The van der Waals surface area contributed by atoms with Gasteiger partial charge in [-0.1, -0.05) is 24.6 Å². The number of nitriles is 1. The maximum Gasteiger partial charge on any atom is 0.283 e. The third-order valence-electron chi connectivity index (χ3n) is 2.76. The maximum atomic E-state index is 12.1. The molecule has 0 bridgehead atoms. The van der Waals surface area contributed by atoms with E-state index in [2.05, 4.69) is 5.32 Å². The first-order valence-corrected chi connectivity index (χ1v) is 5.89. The second-order valence-electron chi connectivity index (χ2n) is 4.14. The van der Waals surface area contributed by atoms with Gasteiger partial charge in [-0.25, -0.2) is 0 Å². The number of amides is 1. The molecule has 0 saturated heterocycles. The van der Waals surface area contributed by atoms with Gasteiger partial charge in [0.05, 0.1) is 16.0 Å². The zero-order valence-corrected chi connectivity index (χ0v) is 11.2. The minimum absolute atomic E-state index is 0.0249. The highest BCUT2D eigenvalue weighted by atomic mass is 35.5. The third kappa shape index (κ3) is 3.20. The molecule has 1 N–H and O–H groups in total. The van der Waals surface area contributed by atoms with Crippen LogP contribution in [-0.2, 0) is 0 Å². The number of halogens is 1. The molecular weight excluding hydrogens is 270 g/mol. The summed E-state index contributed by atoms with van der Waals surface area (Å²) in [6, 6.07) is 5.92. The fourth-order valence-corrected chi connectivity index (χ4v) is 1.65. The Morgan fingerprint density at radius 3 is 2.74 bits per heavy atom. The molecule has 1 atom stereocenters. The van der Waals surface area contributed by atoms with Crippen LogP contribution in [0.25, 0.3) is 0 Å². The molecule has 0 spiro atoms. The Morgan fingerprint density at radius 1 is 1.63 bits per heavy atom. The summed E-state index contributed by atoms with van der Waals surface area (Å²) in [7, 11) is 0. The maximum absolute atomic E-state index is 12.1. The Labute approximate surface area is 115 Å². The van der Waals surface area contributed by atoms with E-state index in [0.717, 1.165) is 0 Å². The van der Waals surface area contributed by atoms with Gasteiger partial charge in [-0.3, -0.25) is 14.9 Å². The molecule has 0 radical (unpaired) electrons. The number of nitrogens with one attached hydrogen (secondary N) is 1. The molecule has 6 nitrogen and oxygen atoms in total. The number of rotatable bonds is 4. The van der Waals surface area contributed by atoms with Crippen molar-refractivity contribution in [2.45, 2.75) is 25.8 Å². The molecule has 0 aliphatic carbocycles. The Morgan fingerprint density at radius 2 is 2.26 bits per heavy atom. The summed E-state index contributed by atoms with van der Waals surface area (Å²) in [4.78, 5) is 22.3. The molecule has 0 heterocycles. The molecule has 1 aromatic carbocycles. The first-order chi connectivity index (χ1) is 8.84. The number of benzene rings is 1. The van der Waals surface area contributed by atoms with Crippen molar-refractivity contribution in [1.29, 1.82) is 5.26 Å². The van der Waals surface area contributed by atoms with Crippen LogP contribution < -0.4 is 5.32 Å². The number of carbonyl (C=O) groups is 1. The van der Waals surface area contributed by atoms with Gasteiger partial charge in [0.2, 0.25) is 0 Å². The number of nitrogens with zero attached hydrogens (tertiary/aromatic N) is 2. The molecule has 0 aliphatic rings. The van der Waals surface area contributed by atoms with Gasteiger partial charge in [0, 0.05) is 6.07 Å². The summed E-state index contributed by atoms with van der Waals surface area (Å²) in [6.45, 7) is 3.26. The lowest BCUT2D eigenvalue weighted by molar-refractivity contribution is -0.385. The van der Waals surface area contributed by atoms with Gasteiger partial charge >= 0.3 is 0 Å². The Hall–Kier alpha value is -2.13. The number of carbonyl (C=O) groups excluding carboxylic acids is 1. The van der Waals surface area contributed by atoms with E-state index in [4.69, 9.17) is 16.9 Å². The monoisotopic (exact) mass is 281 g/mol. The van der Waals surface area contributed by atoms with E-state index in [1.807, 2.05) is 6.07 Å². The second kappa shape index (κ2) is 5.67. The fraction of sp³-hybridized carbons (Fsp3) is 0.333. The smallest absolute Gasteiger partial charge is 0.283 e. The zero-order valence-electron chi connectivity index (χ0n) is 10.4. The summed E-state index contributed by atoms with van der Waals surface area (Å²) in [5, 5.41) is 22.3. The Balaban J connectivity index is 3.21. The third-order valence-corrected chi connectivity index (χ3v) is 3.07. The SMILES string of the molecule is CCC(C)(C#N)NC(=O)c1c(Cl)cccc1[N+](=O)[O-]. The molecule has 0 fully saturated rings. The van der Waals surface area contributed by atoms with E-state index in [9.17, 15) is 14.9 Å². The average Bonchev–Trinajstić information content (AvgIpc) is 2.37. The van der Waals surface area contributed by atoms with Gasteiger partial charge in [0.1, 0.15) is 11.1 Å². The quantitative estimate of drug-likeness (QED) is 0.678. The zero-order chi connectivity index (χ0) is 14.6. The minimum Gasteiger partial charge on any atom is -0.334 e. The van der Waals surface area contributed by atoms with Crippen molar-refractivity contribution >= 4 is 23.2 Å². The van der Waals surface area contributed by atoms with E-state index in [0.29, 0.717) is 6.42 Å². The molecule has 1 amide bonds. The highest BCUT2D eigenvalue weighted by molar-refractivity contribution is 6.34. The fourth-order valence-electron chi connectivity index (χ4n) is 1.40. The van der Waals surface area contributed by atoms with Gasteiger partial charge in [-0.15, -0.1) is 0 Å². The van der Waals surface area contributed by atoms with Crippen molar-refractivity contribution in [1.82, 2.24) is 5.32 Å². The standard InChI is InChI=1S/C12H12ClN3O3/c1-3-12(2,7-14)15-11(17)10-8(13)5-4-6-9(10)16(18)19/h4-6H,3H2,1-2H3,(H,15,17). The van der Waals surface area contributed by atoms with Gasteiger partial charge in [0.15, 0.2) is 0 Å². The lowest BCUT2D eigenvalue weighted by Crippen LogP contribution is -2.44. The molecule has 0 aromatic heterocycles. The van der Waals surface area contributed by atoms with E-state index in [1.165, 1.54) is 25.1 Å². The van der Waals surface area contributed by atoms with Gasteiger partial charge in [-0.2, -0.15) is 5.26 Å². The highest BCUT2D eigenvalue weighted by Crippen LogP contribution is 2.26. The summed E-state index contributed by atoms with van der Waals surface area (Å²) < 4.78 is 0. The lowest BCUT2D eigenvalue weighted by atomic mass is 10.00. The normalized spacial score (nSPS) is 13.2. The van der Waals surface area contributed by atoms with Crippen LogP contribution in [-0.4, -0.2) is 16.4 Å². The predicted octanol–water partition coefficient (Wildman–Crippen LogP) is 2.67. The number of hydrogen-bond acceptors (Lipinski definition) is 4. The first-order valence-electron chi connectivity index (χ1n) is 5.51. The predicted molar refractivity (Wildman–Crippen MR) is 69.9 cm³/mol. The van der Waals surface area contributed by atoms with Crippen molar-refractivity contribution in [2.24, 2.45) is 0 Å². The van der Waals surface area contributed by atoms with Crippen molar-refractivity contribution in [3.05, 3.63) is 38.9 Å². The van der Waals surface area contributed by atoms with E-state index in [-0.39, 0.29) is 16.3 Å². The highest BCUT2D eigenvalue weighted by Gasteiger charge is 2.29. The second-order valence-corrected chi connectivity index (χ2v) is 4.55. The summed E-state index contributed by atoms with van der Waals surface area (Å²) >= 11 is 5.84. The van der Waals surface area contributed by atoms with Crippen molar-refractivity contribution in [3.63, 3.8) is 0 Å². The van der Waals surface area contributed by atoms with Gasteiger partial charge < -0.3 is 5.32 Å². The summed E-state index contributed by atoms with van der Waals surface area (Å²) in [5.41, 5.74) is -1.71. The molecule has 1 rings (SSSR count). The number of nitro groups is 1. The molecule has 0 aliphatic heterocycles. The molecule has 19 heavy (non-hydrogen) atoms. The van der Waals surface area contributed by atoms with Crippen LogP contribution in [0.2, 0.25) is 5.02 Å². The van der Waals surface area contributed by atoms with Crippen LogP contribution in [0.4, 0.5) is 5.69 Å². The van der Waals surface area contributed by atoms with Crippen LogP contribution in [0.5, 0.6) is 0 Å². The van der Waals surface area contributed by atoms with Crippen LogP contribution in [0.3, 0.4) is 0 Å². The molecule has 1 unspecified atom stereocenters. The minimum atomic E-state index is -1.09. The first kappa shape index (κ1) is 14.9. The van der Waals surface area contributed by atoms with Crippen LogP contribution in [0, 0.1) is 21.4 Å². The van der Waals surface area contributed by atoms with Gasteiger partial charge in [-0.05, 0) is 19.4 Å². The van der Waals surface area contributed by atoms with Crippen molar-refractivity contribution < 1.29 is 9.72 Å². The topological polar surface area (TPSA) is 96.0 Å². The molecule has 0 saturated carbocycles. The van der Waals surface area contributed by atoms with Gasteiger partial charge in [0.25, 0.3) is 11.6 Å². The van der Waals surface area contributed by atoms with Crippen LogP contribution in [0.1, 0.15) is 30.6 Å². The van der Waals surface area contributed by atoms with Crippen LogP contribution in [0.15, 0.2) is 18.2 Å². The van der Waals surface area contributed by atoms with E-state index >= 15 is 0 Å². The number of nitro benzene ring substituents is 1.